The van der Waals surface area contributed by atoms with E-state index in [2.05, 4.69) is 16.3 Å². The number of hydrogen-bond donors (Lipinski definition) is 0. The Kier molecular flexibility index (Phi) is 4.28. The van der Waals surface area contributed by atoms with Crippen molar-refractivity contribution in [1.82, 2.24) is 0 Å². The highest BCUT2D eigenvalue weighted by atomic mass is 16.2. The molecule has 142 valence electrons. The van der Waals surface area contributed by atoms with Gasteiger partial charge < -0.3 is 4.90 Å². The summed E-state index contributed by atoms with van der Waals surface area (Å²) < 4.78 is 0. The smallest absolute Gasteiger partial charge is 0.276 e. The SMILES string of the molecule is O=C1N=NC(c2ccc(CC(=O)N3CCc4ccccc43)cc2)=C2C=CC=CC12. The van der Waals surface area contributed by atoms with Gasteiger partial charge in [-0.1, -0.05) is 66.8 Å². The van der Waals surface area contributed by atoms with E-state index in [0.29, 0.717) is 12.1 Å². The number of azo groups is 1. The van der Waals surface area contributed by atoms with Crippen LogP contribution in [0.1, 0.15) is 16.7 Å². The normalized spacial score (nSPS) is 19.5. The van der Waals surface area contributed by atoms with Crippen LogP contribution >= 0.6 is 0 Å². The van der Waals surface area contributed by atoms with Gasteiger partial charge in [0.2, 0.25) is 5.91 Å². The topological polar surface area (TPSA) is 62.1 Å². The third-order valence-electron chi connectivity index (χ3n) is 5.58. The van der Waals surface area contributed by atoms with E-state index >= 15 is 0 Å². The van der Waals surface area contributed by atoms with Crippen molar-refractivity contribution in [3.63, 3.8) is 0 Å². The number of allylic oxidation sites excluding steroid dienone is 3. The van der Waals surface area contributed by atoms with Crippen molar-refractivity contribution in [3.05, 3.63) is 95.1 Å². The van der Waals surface area contributed by atoms with Crippen molar-refractivity contribution < 1.29 is 9.59 Å². The Morgan fingerprint density at radius 3 is 2.72 bits per heavy atom. The molecule has 2 aromatic rings. The number of amides is 2. The van der Waals surface area contributed by atoms with Crippen LogP contribution in [0.25, 0.3) is 5.70 Å². The number of fused-ring (bicyclic) bond motifs is 2. The maximum absolute atomic E-state index is 12.8. The van der Waals surface area contributed by atoms with Crippen LogP contribution in [0, 0.1) is 5.92 Å². The van der Waals surface area contributed by atoms with E-state index in [-0.39, 0.29) is 17.7 Å². The molecule has 0 spiro atoms. The van der Waals surface area contributed by atoms with Gasteiger partial charge in [-0.25, -0.2) is 0 Å². The summed E-state index contributed by atoms with van der Waals surface area (Å²) in [5, 5.41) is 7.94. The third-order valence-corrected chi connectivity index (χ3v) is 5.58. The summed E-state index contributed by atoms with van der Waals surface area (Å²) in [6.45, 7) is 0.738. The second-order valence-electron chi connectivity index (χ2n) is 7.36. The Bertz CT molecular complexity index is 1120. The van der Waals surface area contributed by atoms with Gasteiger partial charge in [-0.05, 0) is 29.2 Å². The third kappa shape index (κ3) is 3.14. The lowest BCUT2D eigenvalue weighted by Gasteiger charge is -2.20. The molecule has 1 aliphatic carbocycles. The first-order valence-corrected chi connectivity index (χ1v) is 9.73. The lowest BCUT2D eigenvalue weighted by Crippen LogP contribution is -2.30. The maximum atomic E-state index is 12.8. The largest absolute Gasteiger partial charge is 0.312 e. The predicted molar refractivity (Wildman–Crippen MR) is 111 cm³/mol. The van der Waals surface area contributed by atoms with Crippen LogP contribution in [-0.2, 0) is 22.4 Å². The molecular weight excluding hydrogens is 362 g/mol. The van der Waals surface area contributed by atoms with Gasteiger partial charge in [0, 0.05) is 17.8 Å². The molecule has 3 aliphatic rings. The summed E-state index contributed by atoms with van der Waals surface area (Å²) in [5.74, 6) is -0.491. The summed E-state index contributed by atoms with van der Waals surface area (Å²) in [4.78, 5) is 26.7. The van der Waals surface area contributed by atoms with Gasteiger partial charge in [0.05, 0.1) is 18.0 Å². The summed E-state index contributed by atoms with van der Waals surface area (Å²) in [6.07, 6.45) is 8.78. The van der Waals surface area contributed by atoms with E-state index in [4.69, 9.17) is 0 Å². The number of nitrogens with zero attached hydrogens (tertiary/aromatic N) is 3. The number of anilines is 1. The molecule has 2 aromatic carbocycles. The molecule has 0 N–H and O–H groups in total. The lowest BCUT2D eigenvalue weighted by atomic mass is 9.89. The summed E-state index contributed by atoms with van der Waals surface area (Å²) in [5.41, 5.74) is 5.67. The fraction of sp³-hybridized carbons (Fsp3) is 0.167. The van der Waals surface area contributed by atoms with Crippen molar-refractivity contribution in [3.8, 4) is 0 Å². The molecule has 5 nitrogen and oxygen atoms in total. The second-order valence-corrected chi connectivity index (χ2v) is 7.36. The second kappa shape index (κ2) is 7.09. The quantitative estimate of drug-likeness (QED) is 0.797. The number of hydrogen-bond acceptors (Lipinski definition) is 3. The van der Waals surface area contributed by atoms with Gasteiger partial charge in [-0.2, -0.15) is 0 Å². The zero-order valence-corrected chi connectivity index (χ0v) is 15.8. The van der Waals surface area contributed by atoms with Crippen molar-refractivity contribution in [2.24, 2.45) is 16.1 Å². The van der Waals surface area contributed by atoms with E-state index in [1.54, 1.807) is 0 Å². The van der Waals surface area contributed by atoms with Gasteiger partial charge >= 0.3 is 0 Å². The molecule has 0 fully saturated rings. The Balaban J connectivity index is 1.36. The first-order valence-electron chi connectivity index (χ1n) is 9.73. The minimum atomic E-state index is -0.357. The average molecular weight is 381 g/mol. The standard InChI is InChI=1S/C24H19N3O2/c28-22(27-14-13-17-5-1-4-8-21(17)27)15-16-9-11-18(12-10-16)23-19-6-2-3-7-20(19)24(29)26-25-23/h1-12,20H,13-15H2. The van der Waals surface area contributed by atoms with Crippen LogP contribution < -0.4 is 4.90 Å². The Hall–Kier alpha value is -3.60. The van der Waals surface area contributed by atoms with Crippen molar-refractivity contribution in [2.45, 2.75) is 12.8 Å². The highest BCUT2D eigenvalue weighted by Crippen LogP contribution is 2.34. The minimum absolute atomic E-state index is 0.105. The molecule has 0 saturated carbocycles. The van der Waals surface area contributed by atoms with Crippen LogP contribution in [0.2, 0.25) is 0 Å². The molecule has 5 rings (SSSR count). The van der Waals surface area contributed by atoms with Gasteiger partial charge in [0.1, 0.15) is 0 Å². The molecule has 0 saturated heterocycles. The van der Waals surface area contributed by atoms with Gasteiger partial charge in [0.25, 0.3) is 5.91 Å². The molecule has 0 bridgehead atoms. The van der Waals surface area contributed by atoms with Crippen LogP contribution in [0.4, 0.5) is 5.69 Å². The van der Waals surface area contributed by atoms with Gasteiger partial charge in [-0.3, -0.25) is 9.59 Å². The van der Waals surface area contributed by atoms with E-state index in [0.717, 1.165) is 35.4 Å². The zero-order valence-electron chi connectivity index (χ0n) is 15.8. The monoisotopic (exact) mass is 381 g/mol. The number of rotatable bonds is 3. The van der Waals surface area contributed by atoms with Crippen LogP contribution in [0.3, 0.4) is 0 Å². The average Bonchev–Trinajstić information content (AvgIpc) is 3.19. The Morgan fingerprint density at radius 2 is 1.86 bits per heavy atom. The van der Waals surface area contributed by atoms with Gasteiger partial charge in [0.15, 0.2) is 0 Å². The molecule has 1 atom stereocenters. The number of carbonyl (C=O) groups is 2. The number of carbonyl (C=O) groups excluding carboxylic acids is 2. The van der Waals surface area contributed by atoms with E-state index < -0.39 is 0 Å². The molecule has 1 unspecified atom stereocenters. The van der Waals surface area contributed by atoms with Crippen LogP contribution in [0.5, 0.6) is 0 Å². The Morgan fingerprint density at radius 1 is 1.03 bits per heavy atom. The highest BCUT2D eigenvalue weighted by Gasteiger charge is 2.28. The first-order chi connectivity index (χ1) is 14.2. The fourth-order valence-electron chi connectivity index (χ4n) is 4.07. The van der Waals surface area contributed by atoms with Crippen molar-refractivity contribution in [1.29, 1.82) is 0 Å². The molecule has 0 radical (unpaired) electrons. The minimum Gasteiger partial charge on any atom is -0.312 e. The Labute approximate surface area is 168 Å². The molecule has 0 aromatic heterocycles. The van der Waals surface area contributed by atoms with Crippen LogP contribution in [0.15, 0.2) is 88.6 Å². The summed E-state index contributed by atoms with van der Waals surface area (Å²) in [6, 6.07) is 15.9. The fourth-order valence-corrected chi connectivity index (χ4v) is 4.07. The van der Waals surface area contributed by atoms with Crippen molar-refractivity contribution in [2.75, 3.05) is 11.4 Å². The summed E-state index contributed by atoms with van der Waals surface area (Å²) in [7, 11) is 0. The molecule has 29 heavy (non-hydrogen) atoms. The van der Waals surface area contributed by atoms with E-state index in [9.17, 15) is 9.59 Å². The van der Waals surface area contributed by atoms with Crippen LogP contribution in [-0.4, -0.2) is 18.4 Å². The van der Waals surface area contributed by atoms with E-state index in [1.807, 2.05) is 71.7 Å². The first kappa shape index (κ1) is 17.5. The molecular formula is C24H19N3O2. The summed E-state index contributed by atoms with van der Waals surface area (Å²) >= 11 is 0. The number of para-hydroxylation sites is 1. The lowest BCUT2D eigenvalue weighted by molar-refractivity contribution is -0.120. The molecule has 2 heterocycles. The predicted octanol–water partition coefficient (Wildman–Crippen LogP) is 4.26. The molecule has 2 amide bonds. The highest BCUT2D eigenvalue weighted by molar-refractivity contribution is 5.97. The van der Waals surface area contributed by atoms with Gasteiger partial charge in [-0.15, -0.1) is 10.2 Å². The maximum Gasteiger partial charge on any atom is 0.276 e. The molecule has 5 heteroatoms. The molecule has 2 aliphatic heterocycles. The van der Waals surface area contributed by atoms with E-state index in [1.165, 1.54) is 5.56 Å². The zero-order chi connectivity index (χ0) is 19.8. The van der Waals surface area contributed by atoms with Crippen molar-refractivity contribution >= 4 is 23.2 Å². The number of benzene rings is 2.